The van der Waals surface area contributed by atoms with Crippen molar-refractivity contribution in [2.24, 2.45) is 5.10 Å². The Morgan fingerprint density at radius 3 is 2.21 bits per heavy atom. The van der Waals surface area contributed by atoms with Gasteiger partial charge in [-0.25, -0.2) is 10.2 Å². The van der Waals surface area contributed by atoms with Gasteiger partial charge >= 0.3 is 5.97 Å². The summed E-state index contributed by atoms with van der Waals surface area (Å²) in [6, 6.07) is 24.6. The van der Waals surface area contributed by atoms with Crippen molar-refractivity contribution in [1.29, 1.82) is 0 Å². The number of ether oxygens (including phenoxy) is 3. The van der Waals surface area contributed by atoms with Gasteiger partial charge in [-0.05, 0) is 42.0 Å². The monoisotopic (exact) mass is 564 g/mol. The predicted molar refractivity (Wildman–Crippen MR) is 156 cm³/mol. The van der Waals surface area contributed by atoms with Gasteiger partial charge in [-0.15, -0.1) is 0 Å². The second-order valence-corrected chi connectivity index (χ2v) is 8.89. The summed E-state index contributed by atoms with van der Waals surface area (Å²) >= 11 is 0. The number of amides is 1. The number of nitro groups is 1. The Balaban J connectivity index is 1.42. The van der Waals surface area contributed by atoms with Crippen molar-refractivity contribution in [3.05, 3.63) is 118 Å². The molecule has 5 rings (SSSR count). The SMILES string of the molecule is COc1ccc(OC)c2c(-c3ccccc3)c(C(=O)NN=Cc3ccccc3OC(=O)c3ccc([N+](=O)[O-])cc3)[nH]c12. The minimum absolute atomic E-state index is 0.138. The highest BCUT2D eigenvalue weighted by atomic mass is 16.6. The van der Waals surface area contributed by atoms with Crippen molar-refractivity contribution < 1.29 is 28.7 Å². The third-order valence-electron chi connectivity index (χ3n) is 6.41. The standard InChI is InChI=1S/C31H24N4O7/c1-40-24-16-17-25(41-2)28-27(24)26(19-8-4-3-5-9-19)29(33-28)30(36)34-32-18-21-10-6-7-11-23(21)42-31(37)20-12-14-22(15-13-20)35(38)39/h3-18,33H,1-2H3,(H,34,36). The van der Waals surface area contributed by atoms with E-state index in [1.165, 1.54) is 30.5 Å². The van der Waals surface area contributed by atoms with E-state index in [1.54, 1.807) is 50.6 Å². The number of methoxy groups -OCH3 is 2. The smallest absolute Gasteiger partial charge is 0.343 e. The van der Waals surface area contributed by atoms with Crippen LogP contribution in [0.5, 0.6) is 17.2 Å². The van der Waals surface area contributed by atoms with Crippen LogP contribution in [-0.4, -0.2) is 42.2 Å². The number of hydrogen-bond acceptors (Lipinski definition) is 8. The average molecular weight is 565 g/mol. The van der Waals surface area contributed by atoms with Crippen LogP contribution in [0, 0.1) is 10.1 Å². The molecule has 2 N–H and O–H groups in total. The van der Waals surface area contributed by atoms with Gasteiger partial charge in [0.15, 0.2) is 0 Å². The summed E-state index contributed by atoms with van der Waals surface area (Å²) in [5, 5.41) is 15.7. The van der Waals surface area contributed by atoms with E-state index in [-0.39, 0.29) is 22.7 Å². The maximum Gasteiger partial charge on any atom is 0.343 e. The lowest BCUT2D eigenvalue weighted by molar-refractivity contribution is -0.384. The molecule has 0 aliphatic rings. The molecule has 4 aromatic carbocycles. The lowest BCUT2D eigenvalue weighted by Crippen LogP contribution is -2.19. The van der Waals surface area contributed by atoms with Crippen molar-refractivity contribution in [2.45, 2.75) is 0 Å². The van der Waals surface area contributed by atoms with Crippen LogP contribution < -0.4 is 19.6 Å². The van der Waals surface area contributed by atoms with E-state index in [1.807, 2.05) is 30.3 Å². The summed E-state index contributed by atoms with van der Waals surface area (Å²) in [7, 11) is 3.10. The van der Waals surface area contributed by atoms with Gasteiger partial charge in [-0.2, -0.15) is 5.10 Å². The van der Waals surface area contributed by atoms with Gasteiger partial charge in [0.1, 0.15) is 22.9 Å². The topological polar surface area (TPSA) is 145 Å². The van der Waals surface area contributed by atoms with E-state index in [0.29, 0.717) is 33.5 Å². The zero-order valence-corrected chi connectivity index (χ0v) is 22.5. The largest absolute Gasteiger partial charge is 0.496 e. The number of nitro benzene ring substituents is 1. The second kappa shape index (κ2) is 12.0. The molecule has 42 heavy (non-hydrogen) atoms. The molecule has 0 fully saturated rings. The van der Waals surface area contributed by atoms with Gasteiger partial charge in [0, 0.05) is 23.3 Å². The molecule has 0 unspecified atom stereocenters. The number of H-pyrrole nitrogens is 1. The maximum atomic E-state index is 13.5. The Kier molecular flexibility index (Phi) is 7.91. The van der Waals surface area contributed by atoms with Crippen LogP contribution in [0.25, 0.3) is 22.0 Å². The number of benzene rings is 4. The molecule has 0 radical (unpaired) electrons. The minimum Gasteiger partial charge on any atom is -0.496 e. The fraction of sp³-hybridized carbons (Fsp3) is 0.0645. The van der Waals surface area contributed by atoms with Crippen LogP contribution in [0.3, 0.4) is 0 Å². The number of aromatic nitrogens is 1. The Morgan fingerprint density at radius 2 is 1.52 bits per heavy atom. The lowest BCUT2D eigenvalue weighted by atomic mass is 10.0. The quantitative estimate of drug-likeness (QED) is 0.0763. The molecule has 0 saturated heterocycles. The van der Waals surface area contributed by atoms with Gasteiger partial charge in [-0.1, -0.05) is 42.5 Å². The first-order valence-electron chi connectivity index (χ1n) is 12.6. The van der Waals surface area contributed by atoms with E-state index >= 15 is 0 Å². The molecule has 0 atom stereocenters. The first-order valence-corrected chi connectivity index (χ1v) is 12.6. The average Bonchev–Trinajstić information content (AvgIpc) is 3.43. The summed E-state index contributed by atoms with van der Waals surface area (Å²) in [5.74, 6) is 0.0550. The molecule has 5 aromatic rings. The molecule has 11 heteroatoms. The molecular weight excluding hydrogens is 540 g/mol. The Labute approximate surface area is 239 Å². The van der Waals surface area contributed by atoms with Crippen molar-refractivity contribution >= 4 is 34.7 Å². The zero-order valence-electron chi connectivity index (χ0n) is 22.5. The van der Waals surface area contributed by atoms with E-state index < -0.39 is 16.8 Å². The number of fused-ring (bicyclic) bond motifs is 1. The van der Waals surface area contributed by atoms with Crippen LogP contribution in [0.15, 0.2) is 96.1 Å². The van der Waals surface area contributed by atoms with Gasteiger partial charge < -0.3 is 19.2 Å². The predicted octanol–water partition coefficient (Wildman–Crippen LogP) is 5.74. The van der Waals surface area contributed by atoms with E-state index in [9.17, 15) is 19.7 Å². The summed E-state index contributed by atoms with van der Waals surface area (Å²) in [6.45, 7) is 0. The number of carbonyl (C=O) groups excluding carboxylic acids is 2. The highest BCUT2D eigenvalue weighted by Crippen LogP contribution is 2.42. The van der Waals surface area contributed by atoms with Crippen LogP contribution in [0.1, 0.15) is 26.4 Å². The molecule has 0 spiro atoms. The molecule has 0 bridgehead atoms. The van der Waals surface area contributed by atoms with Gasteiger partial charge in [0.25, 0.3) is 11.6 Å². The molecular formula is C31H24N4O7. The van der Waals surface area contributed by atoms with E-state index in [2.05, 4.69) is 15.5 Å². The van der Waals surface area contributed by atoms with Crippen molar-refractivity contribution in [2.75, 3.05) is 14.2 Å². The number of carbonyl (C=O) groups is 2. The third kappa shape index (κ3) is 5.52. The van der Waals surface area contributed by atoms with Crippen LogP contribution in [0.2, 0.25) is 0 Å². The fourth-order valence-corrected chi connectivity index (χ4v) is 4.43. The number of aromatic amines is 1. The van der Waals surface area contributed by atoms with E-state index in [4.69, 9.17) is 14.2 Å². The summed E-state index contributed by atoms with van der Waals surface area (Å²) in [5.41, 5.74) is 5.18. The highest BCUT2D eigenvalue weighted by molar-refractivity contribution is 6.13. The molecule has 210 valence electrons. The van der Waals surface area contributed by atoms with Gasteiger partial charge in [0.2, 0.25) is 0 Å². The summed E-state index contributed by atoms with van der Waals surface area (Å²) in [4.78, 5) is 39.6. The Hall–Kier alpha value is -5.97. The first-order chi connectivity index (χ1) is 20.4. The minimum atomic E-state index is -0.705. The fourth-order valence-electron chi connectivity index (χ4n) is 4.43. The molecule has 1 aromatic heterocycles. The number of nitrogens with zero attached hydrogens (tertiary/aromatic N) is 2. The number of esters is 1. The van der Waals surface area contributed by atoms with Crippen LogP contribution in [-0.2, 0) is 0 Å². The number of hydrogen-bond donors (Lipinski definition) is 2. The summed E-state index contributed by atoms with van der Waals surface area (Å²) in [6.07, 6.45) is 1.35. The molecule has 11 nitrogen and oxygen atoms in total. The zero-order chi connectivity index (χ0) is 29.6. The van der Waals surface area contributed by atoms with Crippen molar-refractivity contribution in [3.63, 3.8) is 0 Å². The molecule has 0 aliphatic heterocycles. The Morgan fingerprint density at radius 1 is 0.857 bits per heavy atom. The molecule has 1 heterocycles. The van der Waals surface area contributed by atoms with Crippen LogP contribution >= 0.6 is 0 Å². The molecule has 0 saturated carbocycles. The molecule has 1 amide bonds. The van der Waals surface area contributed by atoms with Crippen molar-refractivity contribution in [1.82, 2.24) is 10.4 Å². The number of hydrazone groups is 1. The van der Waals surface area contributed by atoms with E-state index in [0.717, 1.165) is 5.56 Å². The Bertz CT molecular complexity index is 1810. The molecule has 0 aliphatic carbocycles. The normalized spacial score (nSPS) is 10.9. The van der Waals surface area contributed by atoms with Gasteiger partial charge in [0.05, 0.1) is 41.8 Å². The second-order valence-electron chi connectivity index (χ2n) is 8.89. The summed E-state index contributed by atoms with van der Waals surface area (Å²) < 4.78 is 16.6. The van der Waals surface area contributed by atoms with Gasteiger partial charge in [-0.3, -0.25) is 14.9 Å². The number of para-hydroxylation sites is 1. The van der Waals surface area contributed by atoms with Crippen molar-refractivity contribution in [3.8, 4) is 28.4 Å². The first kappa shape index (κ1) is 27.6. The lowest BCUT2D eigenvalue weighted by Gasteiger charge is -2.09. The maximum absolute atomic E-state index is 13.5. The number of non-ortho nitro benzene ring substituents is 1. The van der Waals surface area contributed by atoms with Crippen LogP contribution in [0.4, 0.5) is 5.69 Å². The highest BCUT2D eigenvalue weighted by Gasteiger charge is 2.24. The third-order valence-corrected chi connectivity index (χ3v) is 6.41. The number of nitrogens with one attached hydrogen (secondary N) is 2. The number of rotatable bonds is 9.